The summed E-state index contributed by atoms with van der Waals surface area (Å²) in [6.45, 7) is 1.96. The van der Waals surface area contributed by atoms with Crippen LogP contribution in [0.25, 0.3) is 0 Å². The predicted molar refractivity (Wildman–Crippen MR) is 67.5 cm³/mol. The van der Waals surface area contributed by atoms with Crippen LogP contribution in [0.2, 0.25) is 0 Å². The molecule has 1 atom stereocenters. The topological polar surface area (TPSA) is 69.6 Å². The molecule has 2 rings (SSSR count). The zero-order valence-corrected chi connectivity index (χ0v) is 10.5. The third-order valence-electron chi connectivity index (χ3n) is 3.31. The highest BCUT2D eigenvalue weighted by Crippen LogP contribution is 2.21. The molecular formula is C13H15FN2O3. The van der Waals surface area contributed by atoms with Gasteiger partial charge >= 0.3 is 12.0 Å². The van der Waals surface area contributed by atoms with Crippen molar-refractivity contribution in [1.29, 1.82) is 0 Å². The van der Waals surface area contributed by atoms with Gasteiger partial charge in [-0.25, -0.2) is 14.0 Å². The van der Waals surface area contributed by atoms with Crippen molar-refractivity contribution in [1.82, 2.24) is 4.90 Å². The summed E-state index contributed by atoms with van der Waals surface area (Å²) >= 11 is 0. The van der Waals surface area contributed by atoms with Crippen LogP contribution in [-0.2, 0) is 4.79 Å². The second-order valence-electron chi connectivity index (χ2n) is 4.53. The zero-order chi connectivity index (χ0) is 14.0. The first-order valence-electron chi connectivity index (χ1n) is 6.06. The maximum absolute atomic E-state index is 13.4. The first-order valence-corrected chi connectivity index (χ1v) is 6.06. The number of carboxylic acid groups (broad SMARTS) is 1. The van der Waals surface area contributed by atoms with Gasteiger partial charge in [0.2, 0.25) is 0 Å². The quantitative estimate of drug-likeness (QED) is 0.862. The molecule has 102 valence electrons. The lowest BCUT2D eigenvalue weighted by molar-refractivity contribution is -0.141. The number of nitrogens with one attached hydrogen (secondary N) is 1. The summed E-state index contributed by atoms with van der Waals surface area (Å²) in [4.78, 5) is 24.3. The van der Waals surface area contributed by atoms with E-state index in [1.165, 1.54) is 17.0 Å². The molecule has 5 nitrogen and oxygen atoms in total. The third-order valence-corrected chi connectivity index (χ3v) is 3.31. The normalized spacial score (nSPS) is 18.4. The van der Waals surface area contributed by atoms with Gasteiger partial charge < -0.3 is 15.3 Å². The smallest absolute Gasteiger partial charge is 0.326 e. The van der Waals surface area contributed by atoms with Crippen LogP contribution in [0.15, 0.2) is 18.2 Å². The average Bonchev–Trinajstić information content (AvgIpc) is 2.84. The minimum Gasteiger partial charge on any atom is -0.480 e. The van der Waals surface area contributed by atoms with E-state index in [0.29, 0.717) is 30.6 Å². The Hall–Kier alpha value is -2.11. The first kappa shape index (κ1) is 13.3. The maximum Gasteiger partial charge on any atom is 0.326 e. The summed E-state index contributed by atoms with van der Waals surface area (Å²) in [7, 11) is 0. The highest BCUT2D eigenvalue weighted by molar-refractivity contribution is 5.93. The number of urea groups is 1. The Bertz CT molecular complexity index is 519. The molecule has 19 heavy (non-hydrogen) atoms. The molecule has 1 aliphatic rings. The van der Waals surface area contributed by atoms with Crippen LogP contribution in [-0.4, -0.2) is 34.6 Å². The number of hydrogen-bond donors (Lipinski definition) is 2. The molecule has 0 bridgehead atoms. The van der Waals surface area contributed by atoms with Crippen molar-refractivity contribution in [3.8, 4) is 0 Å². The van der Waals surface area contributed by atoms with Gasteiger partial charge in [0.05, 0.1) is 0 Å². The van der Waals surface area contributed by atoms with Crippen molar-refractivity contribution in [2.24, 2.45) is 0 Å². The number of rotatable bonds is 2. The molecule has 1 heterocycles. The summed E-state index contributed by atoms with van der Waals surface area (Å²) in [6, 6.07) is 3.09. The van der Waals surface area contributed by atoms with Crippen molar-refractivity contribution in [2.45, 2.75) is 25.8 Å². The molecular weight excluding hydrogens is 251 g/mol. The monoisotopic (exact) mass is 266 g/mol. The maximum atomic E-state index is 13.4. The minimum atomic E-state index is -1.01. The summed E-state index contributed by atoms with van der Waals surface area (Å²) in [5, 5.41) is 11.6. The highest BCUT2D eigenvalue weighted by Gasteiger charge is 2.34. The van der Waals surface area contributed by atoms with E-state index >= 15 is 0 Å². The van der Waals surface area contributed by atoms with Crippen LogP contribution >= 0.6 is 0 Å². The standard InChI is InChI=1S/C13H15FN2O3/c1-8-9(14)4-2-5-10(8)15-13(19)16-7-3-6-11(16)12(17)18/h2,4-5,11H,3,6-7H2,1H3,(H,15,19)(H,17,18)/t11-/m1/s1. The number of amides is 2. The lowest BCUT2D eigenvalue weighted by Gasteiger charge is -2.22. The van der Waals surface area contributed by atoms with Crippen molar-refractivity contribution in [2.75, 3.05) is 11.9 Å². The molecule has 1 fully saturated rings. The molecule has 0 aliphatic carbocycles. The van der Waals surface area contributed by atoms with Gasteiger partial charge in [0.25, 0.3) is 0 Å². The van der Waals surface area contributed by atoms with Crippen LogP contribution in [0.3, 0.4) is 0 Å². The van der Waals surface area contributed by atoms with E-state index in [4.69, 9.17) is 5.11 Å². The summed E-state index contributed by atoms with van der Waals surface area (Å²) < 4.78 is 13.4. The van der Waals surface area contributed by atoms with E-state index in [9.17, 15) is 14.0 Å². The average molecular weight is 266 g/mol. The van der Waals surface area contributed by atoms with E-state index < -0.39 is 23.9 Å². The van der Waals surface area contributed by atoms with E-state index in [2.05, 4.69) is 5.32 Å². The number of aliphatic carboxylic acids is 1. The van der Waals surface area contributed by atoms with Gasteiger partial charge in [-0.1, -0.05) is 6.07 Å². The summed E-state index contributed by atoms with van der Waals surface area (Å²) in [5.41, 5.74) is 0.697. The number of halogens is 1. The van der Waals surface area contributed by atoms with Crippen LogP contribution in [0.5, 0.6) is 0 Å². The number of carbonyl (C=O) groups excluding carboxylic acids is 1. The second kappa shape index (κ2) is 5.26. The van der Waals surface area contributed by atoms with E-state index in [1.807, 2.05) is 0 Å². The van der Waals surface area contributed by atoms with Gasteiger partial charge in [0.1, 0.15) is 11.9 Å². The molecule has 0 aromatic heterocycles. The van der Waals surface area contributed by atoms with E-state index in [0.717, 1.165) is 0 Å². The van der Waals surface area contributed by atoms with Crippen molar-refractivity contribution in [3.63, 3.8) is 0 Å². The first-order chi connectivity index (χ1) is 9.00. The second-order valence-corrected chi connectivity index (χ2v) is 4.53. The molecule has 2 amide bonds. The van der Waals surface area contributed by atoms with Gasteiger partial charge in [-0.3, -0.25) is 0 Å². The Morgan fingerprint density at radius 2 is 2.21 bits per heavy atom. The number of carbonyl (C=O) groups is 2. The van der Waals surface area contributed by atoms with E-state index in [-0.39, 0.29) is 0 Å². The van der Waals surface area contributed by atoms with Gasteiger partial charge in [0.15, 0.2) is 0 Å². The lowest BCUT2D eigenvalue weighted by Crippen LogP contribution is -2.42. The largest absolute Gasteiger partial charge is 0.480 e. The molecule has 0 saturated carbocycles. The summed E-state index contributed by atoms with van der Waals surface area (Å²) in [6.07, 6.45) is 1.11. The van der Waals surface area contributed by atoms with Crippen molar-refractivity contribution < 1.29 is 19.1 Å². The molecule has 1 aliphatic heterocycles. The summed E-state index contributed by atoms with van der Waals surface area (Å²) in [5.74, 6) is -1.42. The fourth-order valence-electron chi connectivity index (χ4n) is 2.20. The Balaban J connectivity index is 2.13. The number of carboxylic acids is 1. The zero-order valence-electron chi connectivity index (χ0n) is 10.5. The van der Waals surface area contributed by atoms with Crippen LogP contribution in [0, 0.1) is 12.7 Å². The third kappa shape index (κ3) is 2.67. The number of benzene rings is 1. The minimum absolute atomic E-state index is 0.335. The Labute approximate surface area is 110 Å². The number of nitrogens with zero attached hydrogens (tertiary/aromatic N) is 1. The molecule has 0 radical (unpaired) electrons. The number of hydrogen-bond acceptors (Lipinski definition) is 2. The molecule has 2 N–H and O–H groups in total. The van der Waals surface area contributed by atoms with Crippen LogP contribution < -0.4 is 5.32 Å². The lowest BCUT2D eigenvalue weighted by atomic mass is 10.2. The predicted octanol–water partition coefficient (Wildman–Crippen LogP) is 2.22. The van der Waals surface area contributed by atoms with Crippen LogP contribution in [0.1, 0.15) is 18.4 Å². The Morgan fingerprint density at radius 3 is 2.89 bits per heavy atom. The molecule has 6 heteroatoms. The highest BCUT2D eigenvalue weighted by atomic mass is 19.1. The van der Waals surface area contributed by atoms with Gasteiger partial charge in [-0.05, 0) is 31.9 Å². The molecule has 0 spiro atoms. The van der Waals surface area contributed by atoms with Crippen molar-refractivity contribution in [3.05, 3.63) is 29.6 Å². The number of anilines is 1. The molecule has 1 aromatic carbocycles. The van der Waals surface area contributed by atoms with Gasteiger partial charge in [-0.2, -0.15) is 0 Å². The fourth-order valence-corrected chi connectivity index (χ4v) is 2.20. The van der Waals surface area contributed by atoms with Crippen LogP contribution in [0.4, 0.5) is 14.9 Å². The Morgan fingerprint density at radius 1 is 1.47 bits per heavy atom. The molecule has 0 unspecified atom stereocenters. The van der Waals surface area contributed by atoms with Crippen molar-refractivity contribution >= 4 is 17.7 Å². The Kier molecular flexibility index (Phi) is 3.69. The van der Waals surface area contributed by atoms with Gasteiger partial charge in [0, 0.05) is 17.8 Å². The SMILES string of the molecule is Cc1c(F)cccc1NC(=O)N1CCC[C@@H]1C(=O)O. The van der Waals surface area contributed by atoms with Gasteiger partial charge in [-0.15, -0.1) is 0 Å². The van der Waals surface area contributed by atoms with E-state index in [1.54, 1.807) is 13.0 Å². The fraction of sp³-hybridized carbons (Fsp3) is 0.385. The number of likely N-dealkylation sites (tertiary alicyclic amines) is 1. The molecule has 1 aromatic rings. The molecule has 1 saturated heterocycles.